The van der Waals surface area contributed by atoms with Crippen molar-refractivity contribution >= 4 is 28.0 Å². The number of rotatable bonds is 7. The van der Waals surface area contributed by atoms with Crippen LogP contribution in [0.4, 0.5) is 10.1 Å². The smallest absolute Gasteiger partial charge is 0.228 e. The molecule has 24 heavy (non-hydrogen) atoms. The van der Waals surface area contributed by atoms with Gasteiger partial charge in [0, 0.05) is 20.0 Å². The second kappa shape index (κ2) is 8.78. The quantitative estimate of drug-likeness (QED) is 0.512. The summed E-state index contributed by atoms with van der Waals surface area (Å²) < 4.78 is 19.4. The predicted molar refractivity (Wildman–Crippen MR) is 98.7 cm³/mol. The molecule has 128 valence electrons. The zero-order valence-electron chi connectivity index (χ0n) is 14.1. The van der Waals surface area contributed by atoms with Crippen LogP contribution in [0.3, 0.4) is 0 Å². The average molecular weight is 394 g/mol. The first-order valence-electron chi connectivity index (χ1n) is 7.78. The number of hydrogen-bond acceptors (Lipinski definition) is 3. The van der Waals surface area contributed by atoms with Gasteiger partial charge in [0.1, 0.15) is 5.82 Å². The molecule has 0 radical (unpaired) electrons. The molecule has 0 aliphatic rings. The van der Waals surface area contributed by atoms with Crippen molar-refractivity contribution < 1.29 is 9.13 Å². The van der Waals surface area contributed by atoms with Gasteiger partial charge in [-0.05, 0) is 53.5 Å². The lowest BCUT2D eigenvalue weighted by Gasteiger charge is -2.11. The predicted octanol–water partition coefficient (Wildman–Crippen LogP) is 4.52. The van der Waals surface area contributed by atoms with Gasteiger partial charge in [0.15, 0.2) is 0 Å². The maximum atomic E-state index is 12.9. The Kier molecular flexibility index (Phi) is 6.73. The number of halogens is 2. The second-order valence-corrected chi connectivity index (χ2v) is 6.28. The topological polar surface area (TPSA) is 37.7 Å². The third-order valence-corrected chi connectivity index (χ3v) is 4.11. The summed E-state index contributed by atoms with van der Waals surface area (Å²) in [5, 5.41) is 0. The summed E-state index contributed by atoms with van der Waals surface area (Å²) in [7, 11) is 1.97. The molecule has 0 spiro atoms. The summed E-state index contributed by atoms with van der Waals surface area (Å²) in [6.07, 6.45) is 2.47. The van der Waals surface area contributed by atoms with Crippen LogP contribution < -0.4 is 4.74 Å². The van der Waals surface area contributed by atoms with Gasteiger partial charge in [0.05, 0.1) is 28.8 Å². The first-order valence-corrected chi connectivity index (χ1v) is 8.57. The standard InChI is InChI=1S/C18H21BrFN3O/c1-4-23(3)12-21-17-11-16(19)18(22-13(17)2)24-10-9-14-5-7-15(20)8-6-14/h5-8,11-12H,4,9-10H2,1-3H3/b21-12+. The Morgan fingerprint density at radius 2 is 2.04 bits per heavy atom. The maximum Gasteiger partial charge on any atom is 0.228 e. The van der Waals surface area contributed by atoms with Crippen LogP contribution in [0.1, 0.15) is 18.2 Å². The molecule has 0 saturated heterocycles. The van der Waals surface area contributed by atoms with Gasteiger partial charge in [-0.25, -0.2) is 14.4 Å². The van der Waals surface area contributed by atoms with E-state index in [2.05, 4.69) is 32.8 Å². The third-order valence-electron chi connectivity index (χ3n) is 3.54. The van der Waals surface area contributed by atoms with Crippen LogP contribution in [0.2, 0.25) is 0 Å². The van der Waals surface area contributed by atoms with E-state index in [1.165, 1.54) is 12.1 Å². The minimum absolute atomic E-state index is 0.232. The van der Waals surface area contributed by atoms with E-state index < -0.39 is 0 Å². The highest BCUT2D eigenvalue weighted by Crippen LogP contribution is 2.29. The number of aliphatic imine (C=N–C) groups is 1. The largest absolute Gasteiger partial charge is 0.477 e. The zero-order valence-corrected chi connectivity index (χ0v) is 15.7. The van der Waals surface area contributed by atoms with Gasteiger partial charge in [-0.15, -0.1) is 0 Å². The van der Waals surface area contributed by atoms with Gasteiger partial charge in [-0.3, -0.25) is 0 Å². The molecule has 4 nitrogen and oxygen atoms in total. The van der Waals surface area contributed by atoms with Crippen LogP contribution in [-0.2, 0) is 6.42 Å². The van der Waals surface area contributed by atoms with Crippen molar-refractivity contribution in [1.82, 2.24) is 9.88 Å². The number of hydrogen-bond donors (Lipinski definition) is 0. The third kappa shape index (κ3) is 5.30. The van der Waals surface area contributed by atoms with Gasteiger partial charge < -0.3 is 9.64 Å². The minimum atomic E-state index is -0.232. The summed E-state index contributed by atoms with van der Waals surface area (Å²) in [4.78, 5) is 10.9. The lowest BCUT2D eigenvalue weighted by Crippen LogP contribution is -2.14. The van der Waals surface area contributed by atoms with Crippen molar-refractivity contribution in [2.45, 2.75) is 20.3 Å². The molecule has 2 aromatic rings. The van der Waals surface area contributed by atoms with Crippen LogP contribution in [0.15, 0.2) is 39.8 Å². The summed E-state index contributed by atoms with van der Waals surface area (Å²) in [6, 6.07) is 8.32. The molecular formula is C18H21BrFN3O. The molecule has 0 saturated carbocycles. The maximum absolute atomic E-state index is 12.9. The molecule has 0 aliphatic carbocycles. The molecule has 1 aromatic heterocycles. The Morgan fingerprint density at radius 3 is 2.71 bits per heavy atom. The Labute approximate surface area is 150 Å². The summed E-state index contributed by atoms with van der Waals surface area (Å²) in [5.74, 6) is 0.307. The first kappa shape index (κ1) is 18.4. The summed E-state index contributed by atoms with van der Waals surface area (Å²) in [6.45, 7) is 5.32. The first-order chi connectivity index (χ1) is 11.5. The number of aromatic nitrogens is 1. The normalized spacial score (nSPS) is 11.0. The van der Waals surface area contributed by atoms with E-state index >= 15 is 0 Å². The Morgan fingerprint density at radius 1 is 1.33 bits per heavy atom. The van der Waals surface area contributed by atoms with Crippen molar-refractivity contribution in [2.75, 3.05) is 20.2 Å². The van der Waals surface area contributed by atoms with Crippen LogP contribution in [0.25, 0.3) is 0 Å². The van der Waals surface area contributed by atoms with E-state index in [0.29, 0.717) is 18.9 Å². The van der Waals surface area contributed by atoms with E-state index in [1.54, 1.807) is 18.5 Å². The second-order valence-electron chi connectivity index (χ2n) is 5.42. The van der Waals surface area contributed by atoms with E-state index in [0.717, 1.165) is 28.0 Å². The number of benzene rings is 1. The van der Waals surface area contributed by atoms with Crippen molar-refractivity contribution in [3.05, 3.63) is 51.9 Å². The number of ether oxygens (including phenoxy) is 1. The SMILES string of the molecule is CCN(C)/C=N/c1cc(Br)c(OCCc2ccc(F)cc2)nc1C. The van der Waals surface area contributed by atoms with Crippen LogP contribution in [0, 0.1) is 12.7 Å². The fourth-order valence-electron chi connectivity index (χ4n) is 1.94. The molecular weight excluding hydrogens is 373 g/mol. The van der Waals surface area contributed by atoms with E-state index in [-0.39, 0.29) is 5.82 Å². The lowest BCUT2D eigenvalue weighted by atomic mass is 10.2. The van der Waals surface area contributed by atoms with E-state index in [1.807, 2.05) is 24.9 Å². The molecule has 0 aliphatic heterocycles. The summed E-state index contributed by atoms with van der Waals surface area (Å²) in [5.41, 5.74) is 2.62. The fourth-order valence-corrected chi connectivity index (χ4v) is 2.36. The van der Waals surface area contributed by atoms with Crippen LogP contribution in [0.5, 0.6) is 5.88 Å². The Hall–Kier alpha value is -1.95. The molecule has 0 atom stereocenters. The average Bonchev–Trinajstić information content (AvgIpc) is 2.57. The monoisotopic (exact) mass is 393 g/mol. The molecule has 0 fully saturated rings. The van der Waals surface area contributed by atoms with Crippen molar-refractivity contribution in [3.8, 4) is 5.88 Å². The summed E-state index contributed by atoms with van der Waals surface area (Å²) >= 11 is 3.48. The van der Waals surface area contributed by atoms with Crippen molar-refractivity contribution in [1.29, 1.82) is 0 Å². The van der Waals surface area contributed by atoms with E-state index in [4.69, 9.17) is 4.74 Å². The minimum Gasteiger partial charge on any atom is -0.477 e. The Balaban J connectivity index is 1.99. The van der Waals surface area contributed by atoms with Gasteiger partial charge >= 0.3 is 0 Å². The fraction of sp³-hybridized carbons (Fsp3) is 0.333. The molecule has 6 heteroatoms. The molecule has 0 amide bonds. The Bertz CT molecular complexity index is 704. The highest BCUT2D eigenvalue weighted by Gasteiger charge is 2.08. The van der Waals surface area contributed by atoms with E-state index in [9.17, 15) is 4.39 Å². The number of aryl methyl sites for hydroxylation is 1. The molecule has 0 bridgehead atoms. The lowest BCUT2D eigenvalue weighted by molar-refractivity contribution is 0.307. The van der Waals surface area contributed by atoms with Crippen LogP contribution >= 0.6 is 15.9 Å². The number of pyridine rings is 1. The number of nitrogens with zero attached hydrogens (tertiary/aromatic N) is 3. The molecule has 0 N–H and O–H groups in total. The molecule has 1 aromatic carbocycles. The molecule has 0 unspecified atom stereocenters. The highest BCUT2D eigenvalue weighted by atomic mass is 79.9. The van der Waals surface area contributed by atoms with Gasteiger partial charge in [0.25, 0.3) is 0 Å². The van der Waals surface area contributed by atoms with Crippen LogP contribution in [-0.4, -0.2) is 36.4 Å². The van der Waals surface area contributed by atoms with Gasteiger partial charge in [-0.2, -0.15) is 0 Å². The molecule has 1 heterocycles. The van der Waals surface area contributed by atoms with Crippen molar-refractivity contribution in [2.24, 2.45) is 4.99 Å². The molecule has 2 rings (SSSR count). The zero-order chi connectivity index (χ0) is 17.5. The van der Waals surface area contributed by atoms with Crippen molar-refractivity contribution in [3.63, 3.8) is 0 Å². The van der Waals surface area contributed by atoms with Gasteiger partial charge in [-0.1, -0.05) is 12.1 Å². The van der Waals surface area contributed by atoms with Gasteiger partial charge in [0.2, 0.25) is 5.88 Å². The highest BCUT2D eigenvalue weighted by molar-refractivity contribution is 9.10.